The third kappa shape index (κ3) is 3.94. The molecule has 1 unspecified atom stereocenters. The van der Waals surface area contributed by atoms with Crippen LogP contribution >= 0.6 is 0 Å². The van der Waals surface area contributed by atoms with E-state index in [4.69, 9.17) is 9.47 Å². The van der Waals surface area contributed by atoms with Crippen molar-refractivity contribution in [2.24, 2.45) is 0 Å². The highest BCUT2D eigenvalue weighted by molar-refractivity contribution is 5.70. The maximum Gasteiger partial charge on any atom is 0.331 e. The Hall–Kier alpha value is -1.03. The number of ether oxygens (including phenoxy) is 3. The molecule has 0 amide bonds. The molecule has 0 aromatic rings. The monoisotopic (exact) mass is 186 g/mol. The number of esters is 1. The molecule has 74 valence electrons. The molecular weight excluding hydrogens is 172 g/mol. The Kier molecular flexibility index (Phi) is 4.32. The Balaban J connectivity index is 2.05. The number of carbonyl (C=O) groups is 1. The van der Waals surface area contributed by atoms with E-state index in [0.717, 1.165) is 12.8 Å². The number of hydrogen-bond donors (Lipinski definition) is 0. The molecule has 1 aliphatic rings. The molecule has 1 aliphatic heterocycles. The largest absolute Gasteiger partial charge is 0.496 e. The minimum Gasteiger partial charge on any atom is -0.496 e. The van der Waals surface area contributed by atoms with E-state index < -0.39 is 0 Å². The SMILES string of the molecule is COC(=O)COCC1CCC=CO1. The standard InChI is InChI=1S/C9H14O4/c1-11-9(10)7-12-6-8-4-2-3-5-13-8/h3,5,8H,2,4,6-7H2,1H3. The Morgan fingerprint density at radius 1 is 1.69 bits per heavy atom. The van der Waals surface area contributed by atoms with Gasteiger partial charge in [0.15, 0.2) is 0 Å². The van der Waals surface area contributed by atoms with Gasteiger partial charge in [0.1, 0.15) is 12.7 Å². The van der Waals surface area contributed by atoms with E-state index in [1.807, 2.05) is 6.08 Å². The molecule has 1 heterocycles. The van der Waals surface area contributed by atoms with Crippen LogP contribution < -0.4 is 0 Å². The Labute approximate surface area is 77.5 Å². The highest BCUT2D eigenvalue weighted by atomic mass is 16.6. The summed E-state index contributed by atoms with van der Waals surface area (Å²) in [6.07, 6.45) is 5.67. The number of carbonyl (C=O) groups excluding carboxylic acids is 1. The molecule has 0 saturated heterocycles. The molecule has 1 rings (SSSR count). The van der Waals surface area contributed by atoms with Crippen molar-refractivity contribution in [3.63, 3.8) is 0 Å². The van der Waals surface area contributed by atoms with Crippen molar-refractivity contribution in [2.45, 2.75) is 18.9 Å². The third-order valence-electron chi connectivity index (χ3n) is 1.77. The first-order chi connectivity index (χ1) is 6.33. The minimum atomic E-state index is -0.355. The highest BCUT2D eigenvalue weighted by Gasteiger charge is 2.11. The molecular formula is C9H14O4. The van der Waals surface area contributed by atoms with E-state index in [0.29, 0.717) is 6.61 Å². The lowest BCUT2D eigenvalue weighted by Gasteiger charge is -2.18. The van der Waals surface area contributed by atoms with Gasteiger partial charge in [-0.25, -0.2) is 4.79 Å². The summed E-state index contributed by atoms with van der Waals surface area (Å²) in [6, 6.07) is 0. The average molecular weight is 186 g/mol. The fourth-order valence-corrected chi connectivity index (χ4v) is 1.04. The Bertz CT molecular complexity index is 188. The maximum atomic E-state index is 10.7. The van der Waals surface area contributed by atoms with Gasteiger partial charge >= 0.3 is 5.97 Å². The fraction of sp³-hybridized carbons (Fsp3) is 0.667. The first-order valence-corrected chi connectivity index (χ1v) is 4.28. The number of allylic oxidation sites excluding steroid dienone is 1. The van der Waals surface area contributed by atoms with Gasteiger partial charge < -0.3 is 14.2 Å². The van der Waals surface area contributed by atoms with Crippen LogP contribution in [0.1, 0.15) is 12.8 Å². The van der Waals surface area contributed by atoms with E-state index >= 15 is 0 Å². The molecule has 0 bridgehead atoms. The summed E-state index contributed by atoms with van der Waals surface area (Å²) in [5, 5.41) is 0. The van der Waals surface area contributed by atoms with E-state index in [-0.39, 0.29) is 18.7 Å². The predicted octanol–water partition coefficient (Wildman–Crippen LogP) is 0.869. The van der Waals surface area contributed by atoms with Gasteiger partial charge in [0.05, 0.1) is 20.0 Å². The predicted molar refractivity (Wildman–Crippen MR) is 46.1 cm³/mol. The Morgan fingerprint density at radius 2 is 2.54 bits per heavy atom. The van der Waals surface area contributed by atoms with Gasteiger partial charge in [0.25, 0.3) is 0 Å². The first-order valence-electron chi connectivity index (χ1n) is 4.28. The topological polar surface area (TPSA) is 44.8 Å². The van der Waals surface area contributed by atoms with E-state index in [9.17, 15) is 4.79 Å². The zero-order chi connectivity index (χ0) is 9.52. The van der Waals surface area contributed by atoms with Crippen LogP contribution in [0, 0.1) is 0 Å². The molecule has 0 radical (unpaired) electrons. The summed E-state index contributed by atoms with van der Waals surface area (Å²) in [5.41, 5.74) is 0. The molecule has 0 fully saturated rings. The van der Waals surface area contributed by atoms with Gasteiger partial charge in [-0.05, 0) is 18.9 Å². The molecule has 4 heteroatoms. The van der Waals surface area contributed by atoms with Gasteiger partial charge in [-0.15, -0.1) is 0 Å². The second-order valence-corrected chi connectivity index (χ2v) is 2.80. The normalized spacial score (nSPS) is 20.8. The van der Waals surface area contributed by atoms with E-state index in [1.165, 1.54) is 7.11 Å². The smallest absolute Gasteiger partial charge is 0.331 e. The van der Waals surface area contributed by atoms with Crippen molar-refractivity contribution in [3.05, 3.63) is 12.3 Å². The number of methoxy groups -OCH3 is 1. The minimum absolute atomic E-state index is 0.0000737. The molecule has 0 N–H and O–H groups in total. The van der Waals surface area contributed by atoms with Gasteiger partial charge in [-0.2, -0.15) is 0 Å². The molecule has 0 aliphatic carbocycles. The zero-order valence-corrected chi connectivity index (χ0v) is 7.69. The Morgan fingerprint density at radius 3 is 3.15 bits per heavy atom. The molecule has 0 aromatic heterocycles. The summed E-state index contributed by atoms with van der Waals surface area (Å²) in [5.74, 6) is -0.355. The lowest BCUT2D eigenvalue weighted by Crippen LogP contribution is -2.22. The quantitative estimate of drug-likeness (QED) is 0.611. The van der Waals surface area contributed by atoms with Crippen LogP contribution in [0.4, 0.5) is 0 Å². The highest BCUT2D eigenvalue weighted by Crippen LogP contribution is 2.09. The fourth-order valence-electron chi connectivity index (χ4n) is 1.04. The van der Waals surface area contributed by atoms with Crippen LogP contribution in [0.25, 0.3) is 0 Å². The van der Waals surface area contributed by atoms with E-state index in [2.05, 4.69) is 4.74 Å². The van der Waals surface area contributed by atoms with Crippen LogP contribution in [0.5, 0.6) is 0 Å². The van der Waals surface area contributed by atoms with Gasteiger partial charge in [-0.3, -0.25) is 0 Å². The van der Waals surface area contributed by atoms with Gasteiger partial charge in [-0.1, -0.05) is 0 Å². The summed E-state index contributed by atoms with van der Waals surface area (Å²) in [6.45, 7) is 0.444. The molecule has 13 heavy (non-hydrogen) atoms. The molecule has 0 saturated carbocycles. The maximum absolute atomic E-state index is 10.7. The molecule has 0 spiro atoms. The third-order valence-corrected chi connectivity index (χ3v) is 1.77. The first kappa shape index (κ1) is 10.1. The van der Waals surface area contributed by atoms with Crippen LogP contribution in [-0.2, 0) is 19.0 Å². The summed E-state index contributed by atoms with van der Waals surface area (Å²) < 4.78 is 14.7. The zero-order valence-electron chi connectivity index (χ0n) is 7.69. The lowest BCUT2D eigenvalue weighted by atomic mass is 10.2. The van der Waals surface area contributed by atoms with Crippen LogP contribution in [0.3, 0.4) is 0 Å². The van der Waals surface area contributed by atoms with Crippen molar-refractivity contribution in [1.29, 1.82) is 0 Å². The van der Waals surface area contributed by atoms with Crippen molar-refractivity contribution >= 4 is 5.97 Å². The van der Waals surface area contributed by atoms with Gasteiger partial charge in [0, 0.05) is 0 Å². The molecule has 0 aromatic carbocycles. The van der Waals surface area contributed by atoms with Gasteiger partial charge in [0.2, 0.25) is 0 Å². The lowest BCUT2D eigenvalue weighted by molar-refractivity contribution is -0.147. The van der Waals surface area contributed by atoms with Crippen molar-refractivity contribution in [2.75, 3.05) is 20.3 Å². The summed E-state index contributed by atoms with van der Waals surface area (Å²) >= 11 is 0. The molecule has 4 nitrogen and oxygen atoms in total. The summed E-state index contributed by atoms with van der Waals surface area (Å²) in [7, 11) is 1.34. The van der Waals surface area contributed by atoms with Crippen LogP contribution in [0.2, 0.25) is 0 Å². The number of hydrogen-bond acceptors (Lipinski definition) is 4. The number of rotatable bonds is 4. The second kappa shape index (κ2) is 5.59. The van der Waals surface area contributed by atoms with Crippen molar-refractivity contribution < 1.29 is 19.0 Å². The second-order valence-electron chi connectivity index (χ2n) is 2.80. The van der Waals surface area contributed by atoms with Crippen LogP contribution in [0.15, 0.2) is 12.3 Å². The van der Waals surface area contributed by atoms with Crippen molar-refractivity contribution in [1.82, 2.24) is 0 Å². The van der Waals surface area contributed by atoms with E-state index in [1.54, 1.807) is 6.26 Å². The van der Waals surface area contributed by atoms with Crippen LogP contribution in [-0.4, -0.2) is 32.4 Å². The molecule has 1 atom stereocenters. The van der Waals surface area contributed by atoms with Crippen molar-refractivity contribution in [3.8, 4) is 0 Å². The average Bonchev–Trinajstić information content (AvgIpc) is 2.19. The summed E-state index contributed by atoms with van der Waals surface area (Å²) in [4.78, 5) is 10.7.